The minimum atomic E-state index is -4.48. The van der Waals surface area contributed by atoms with E-state index in [1.54, 1.807) is 42.4 Å². The van der Waals surface area contributed by atoms with Gasteiger partial charge >= 0.3 is 12.1 Å². The van der Waals surface area contributed by atoms with Gasteiger partial charge in [0.15, 0.2) is 0 Å². The van der Waals surface area contributed by atoms with Gasteiger partial charge in [0.25, 0.3) is 0 Å². The lowest BCUT2D eigenvalue weighted by atomic mass is 10.0. The first-order valence-electron chi connectivity index (χ1n) is 11.6. The van der Waals surface area contributed by atoms with Gasteiger partial charge in [0.1, 0.15) is 16.2 Å². The van der Waals surface area contributed by atoms with Crippen LogP contribution in [0.15, 0.2) is 30.6 Å². The highest BCUT2D eigenvalue weighted by Gasteiger charge is 2.34. The average molecular weight is 547 g/mol. The number of esters is 1. The molecule has 8 nitrogen and oxygen atoms in total. The summed E-state index contributed by atoms with van der Waals surface area (Å²) >= 11 is 1.13. The zero-order chi connectivity index (χ0) is 27.4. The van der Waals surface area contributed by atoms with E-state index < -0.39 is 36.8 Å². The summed E-state index contributed by atoms with van der Waals surface area (Å²) in [6.45, 7) is 3.47. The van der Waals surface area contributed by atoms with Crippen molar-refractivity contribution >= 4 is 38.6 Å². The molecule has 5 heterocycles. The lowest BCUT2D eigenvalue weighted by Crippen LogP contribution is -2.18. The standard InChI is InChI=1S/C25H22F4N6O2S/c1-12-20-23(38-22(12)24(36)37-4)19-17(10-14(11-31-19)21-13(2)32-33-34(21)3)35(20)16(7-8-25(27,28)29)18-15(26)6-5-9-30-18/h5-6,9-11,16H,7-8H2,1-4H3. The Bertz CT molecular complexity index is 1670. The number of aryl methyl sites for hydroxylation is 3. The quantitative estimate of drug-likeness (QED) is 0.194. The molecular formula is C25H22F4N6O2S. The highest BCUT2D eigenvalue weighted by molar-refractivity contribution is 7.22. The van der Waals surface area contributed by atoms with Crippen LogP contribution in [0.1, 0.15) is 45.5 Å². The van der Waals surface area contributed by atoms with E-state index in [1.807, 2.05) is 0 Å². The molecule has 198 valence electrons. The van der Waals surface area contributed by atoms with E-state index in [9.17, 15) is 18.0 Å². The van der Waals surface area contributed by atoms with E-state index in [0.29, 0.717) is 48.6 Å². The highest BCUT2D eigenvalue weighted by atomic mass is 32.1. The number of aromatic nitrogens is 6. The van der Waals surface area contributed by atoms with Crippen molar-refractivity contribution < 1.29 is 27.1 Å². The molecule has 5 aromatic rings. The Balaban J connectivity index is 1.87. The van der Waals surface area contributed by atoms with Gasteiger partial charge in [-0.05, 0) is 44.0 Å². The number of halogens is 4. The zero-order valence-electron chi connectivity index (χ0n) is 20.8. The van der Waals surface area contributed by atoms with Crippen molar-refractivity contribution in [1.29, 1.82) is 0 Å². The van der Waals surface area contributed by atoms with Crippen molar-refractivity contribution in [2.45, 2.75) is 38.9 Å². The van der Waals surface area contributed by atoms with E-state index >= 15 is 4.39 Å². The third kappa shape index (κ3) is 4.30. The summed E-state index contributed by atoms with van der Waals surface area (Å²) < 4.78 is 64.2. The van der Waals surface area contributed by atoms with Crippen LogP contribution in [0.3, 0.4) is 0 Å². The van der Waals surface area contributed by atoms with E-state index in [0.717, 1.165) is 11.3 Å². The second-order valence-electron chi connectivity index (χ2n) is 8.87. The van der Waals surface area contributed by atoms with Crippen molar-refractivity contribution in [1.82, 2.24) is 29.5 Å². The second-order valence-corrected chi connectivity index (χ2v) is 9.90. The SMILES string of the molecule is COC(=O)c1sc2c3ncc(-c4c(C)nnn4C)cc3n(C(CCC(F)(F)F)c3ncccc3F)c2c1C. The number of hydrogen-bond acceptors (Lipinski definition) is 7. The minimum absolute atomic E-state index is 0.135. The molecule has 0 bridgehead atoms. The Hall–Kier alpha value is -3.87. The number of carbonyl (C=O) groups excluding carboxylic acids is 1. The number of hydrogen-bond donors (Lipinski definition) is 0. The predicted molar refractivity (Wildman–Crippen MR) is 134 cm³/mol. The molecule has 5 aromatic heterocycles. The molecule has 0 aliphatic rings. The van der Waals surface area contributed by atoms with Gasteiger partial charge in [-0.1, -0.05) is 5.21 Å². The van der Waals surface area contributed by atoms with Crippen LogP contribution in [0.4, 0.5) is 17.6 Å². The van der Waals surface area contributed by atoms with Gasteiger partial charge in [-0.15, -0.1) is 16.4 Å². The third-order valence-corrected chi connectivity index (χ3v) is 7.72. The van der Waals surface area contributed by atoms with Crippen molar-refractivity contribution in [2.24, 2.45) is 7.05 Å². The van der Waals surface area contributed by atoms with Gasteiger partial charge in [0.05, 0.1) is 46.0 Å². The average Bonchev–Trinajstić information content (AvgIpc) is 3.49. The Labute approximate surface area is 217 Å². The van der Waals surface area contributed by atoms with Crippen molar-refractivity contribution in [2.75, 3.05) is 7.11 Å². The molecule has 0 radical (unpaired) electrons. The number of carbonyl (C=O) groups is 1. The maximum absolute atomic E-state index is 15.1. The Morgan fingerprint density at radius 2 is 2.00 bits per heavy atom. The maximum atomic E-state index is 15.1. The van der Waals surface area contributed by atoms with Crippen LogP contribution in [0, 0.1) is 19.7 Å². The predicted octanol–water partition coefficient (Wildman–Crippen LogP) is 5.92. The van der Waals surface area contributed by atoms with Gasteiger partial charge in [0, 0.05) is 31.4 Å². The molecule has 38 heavy (non-hydrogen) atoms. The maximum Gasteiger partial charge on any atom is 0.389 e. The van der Waals surface area contributed by atoms with Gasteiger partial charge in [0.2, 0.25) is 0 Å². The summed E-state index contributed by atoms with van der Waals surface area (Å²) in [5.41, 5.74) is 3.74. The molecule has 0 aliphatic heterocycles. The van der Waals surface area contributed by atoms with E-state index in [1.165, 1.54) is 25.4 Å². The zero-order valence-corrected chi connectivity index (χ0v) is 21.6. The molecule has 13 heteroatoms. The van der Waals surface area contributed by atoms with Crippen LogP contribution in [0.2, 0.25) is 0 Å². The summed E-state index contributed by atoms with van der Waals surface area (Å²) in [7, 11) is 2.97. The molecule has 0 saturated carbocycles. The van der Waals surface area contributed by atoms with Crippen LogP contribution in [-0.4, -0.2) is 48.8 Å². The number of methoxy groups -OCH3 is 1. The third-order valence-electron chi connectivity index (χ3n) is 6.45. The molecule has 0 N–H and O–H groups in total. The van der Waals surface area contributed by atoms with Crippen molar-refractivity contribution in [3.05, 3.63) is 58.2 Å². The highest BCUT2D eigenvalue weighted by Crippen LogP contribution is 2.44. The van der Waals surface area contributed by atoms with Crippen LogP contribution < -0.4 is 0 Å². The van der Waals surface area contributed by atoms with Gasteiger partial charge in [-0.2, -0.15) is 13.2 Å². The fraction of sp³-hybridized carbons (Fsp3) is 0.320. The molecule has 5 rings (SSSR count). The molecule has 0 aliphatic carbocycles. The molecule has 0 aromatic carbocycles. The van der Waals surface area contributed by atoms with Crippen LogP contribution in [0.25, 0.3) is 32.5 Å². The number of nitrogens with zero attached hydrogens (tertiary/aromatic N) is 6. The lowest BCUT2D eigenvalue weighted by molar-refractivity contribution is -0.136. The Morgan fingerprint density at radius 1 is 1.24 bits per heavy atom. The Kier molecular flexibility index (Phi) is 6.41. The van der Waals surface area contributed by atoms with Gasteiger partial charge < -0.3 is 9.30 Å². The summed E-state index contributed by atoms with van der Waals surface area (Å²) in [5, 5.41) is 8.11. The molecule has 0 saturated heterocycles. The Morgan fingerprint density at radius 3 is 2.63 bits per heavy atom. The topological polar surface area (TPSA) is 87.7 Å². The first-order chi connectivity index (χ1) is 18.0. The smallest absolute Gasteiger partial charge is 0.389 e. The fourth-order valence-electron chi connectivity index (χ4n) is 4.82. The first kappa shape index (κ1) is 25.8. The number of ether oxygens (including phenoxy) is 1. The van der Waals surface area contributed by atoms with Crippen molar-refractivity contribution in [3.63, 3.8) is 0 Å². The minimum Gasteiger partial charge on any atom is -0.465 e. The summed E-state index contributed by atoms with van der Waals surface area (Å²) in [5.74, 6) is -1.31. The van der Waals surface area contributed by atoms with Gasteiger partial charge in [-0.25, -0.2) is 13.9 Å². The number of alkyl halides is 3. The first-order valence-corrected chi connectivity index (χ1v) is 12.4. The normalized spacial score (nSPS) is 12.9. The molecule has 1 atom stereocenters. The van der Waals surface area contributed by atoms with E-state index in [-0.39, 0.29) is 5.69 Å². The molecule has 0 fully saturated rings. The van der Waals surface area contributed by atoms with Crippen LogP contribution >= 0.6 is 11.3 Å². The van der Waals surface area contributed by atoms with Crippen LogP contribution in [0.5, 0.6) is 0 Å². The number of rotatable bonds is 6. The number of thiophene rings is 1. The summed E-state index contributed by atoms with van der Waals surface area (Å²) in [6, 6.07) is 3.19. The molecular weight excluding hydrogens is 524 g/mol. The number of pyridine rings is 2. The van der Waals surface area contributed by atoms with E-state index in [2.05, 4.69) is 20.3 Å². The molecule has 1 unspecified atom stereocenters. The summed E-state index contributed by atoms with van der Waals surface area (Å²) in [6.07, 6.45) is -3.16. The molecule has 0 spiro atoms. The summed E-state index contributed by atoms with van der Waals surface area (Å²) in [4.78, 5) is 21.6. The largest absolute Gasteiger partial charge is 0.465 e. The number of fused-ring (bicyclic) bond motifs is 3. The van der Waals surface area contributed by atoms with E-state index in [4.69, 9.17) is 4.74 Å². The van der Waals surface area contributed by atoms with Crippen molar-refractivity contribution in [3.8, 4) is 11.3 Å². The monoisotopic (exact) mass is 546 g/mol. The second kappa shape index (κ2) is 9.46. The van der Waals surface area contributed by atoms with Crippen LogP contribution in [-0.2, 0) is 11.8 Å². The lowest BCUT2D eigenvalue weighted by Gasteiger charge is -2.22. The van der Waals surface area contributed by atoms with Gasteiger partial charge in [-0.3, -0.25) is 9.97 Å². The molecule has 0 amide bonds. The fourth-order valence-corrected chi connectivity index (χ4v) is 6.04.